The fourth-order valence-electron chi connectivity index (χ4n) is 6.27. The monoisotopic (exact) mass is 598 g/mol. The molecular formula is C34H36F2N6O2. The van der Waals surface area contributed by atoms with Gasteiger partial charge in [0.2, 0.25) is 5.91 Å². The van der Waals surface area contributed by atoms with Gasteiger partial charge in [0, 0.05) is 63.5 Å². The van der Waals surface area contributed by atoms with Gasteiger partial charge in [-0.3, -0.25) is 9.69 Å². The van der Waals surface area contributed by atoms with Gasteiger partial charge in [-0.05, 0) is 66.1 Å². The van der Waals surface area contributed by atoms with Crippen molar-refractivity contribution in [3.8, 4) is 17.6 Å². The SMILES string of the molecule is CC[C@@H]1CN(C(=O)Cc2ccc(CN3CCN(C)CC3)c(C(F)F)c2)Cc2cc(Oc3ccnc4[nH]c(C#N)cc34)ccc21. The summed E-state index contributed by atoms with van der Waals surface area (Å²) in [6.45, 7) is 7.13. The van der Waals surface area contributed by atoms with Gasteiger partial charge in [0.1, 0.15) is 28.9 Å². The van der Waals surface area contributed by atoms with Crippen molar-refractivity contribution in [1.29, 1.82) is 5.26 Å². The molecule has 44 heavy (non-hydrogen) atoms. The number of nitrogens with one attached hydrogen (secondary N) is 1. The van der Waals surface area contributed by atoms with Crippen molar-refractivity contribution >= 4 is 16.9 Å². The first-order valence-electron chi connectivity index (χ1n) is 15.1. The van der Waals surface area contributed by atoms with Crippen LogP contribution >= 0.6 is 0 Å². The lowest BCUT2D eigenvalue weighted by Gasteiger charge is -2.35. The number of H-pyrrole nitrogens is 1. The van der Waals surface area contributed by atoms with Crippen LogP contribution in [0.15, 0.2) is 54.7 Å². The van der Waals surface area contributed by atoms with Crippen LogP contribution in [0.5, 0.6) is 11.5 Å². The summed E-state index contributed by atoms with van der Waals surface area (Å²) < 4.78 is 34.5. The fourth-order valence-corrected chi connectivity index (χ4v) is 6.27. The molecule has 1 atom stereocenters. The number of hydrogen-bond acceptors (Lipinski definition) is 6. The largest absolute Gasteiger partial charge is 0.457 e. The van der Waals surface area contributed by atoms with Crippen LogP contribution in [0.1, 0.15) is 59.2 Å². The van der Waals surface area contributed by atoms with E-state index in [1.807, 2.05) is 23.1 Å². The zero-order valence-corrected chi connectivity index (χ0v) is 25.0. The van der Waals surface area contributed by atoms with E-state index in [0.717, 1.165) is 38.2 Å². The van der Waals surface area contributed by atoms with E-state index in [1.165, 1.54) is 11.6 Å². The van der Waals surface area contributed by atoms with Gasteiger partial charge < -0.3 is 19.5 Å². The zero-order chi connectivity index (χ0) is 30.8. The number of halogens is 2. The number of hydrogen-bond donors (Lipinski definition) is 1. The molecule has 4 aromatic rings. The van der Waals surface area contributed by atoms with Crippen molar-refractivity contribution in [2.45, 2.75) is 45.2 Å². The number of pyridine rings is 1. The minimum atomic E-state index is -2.60. The molecule has 228 valence electrons. The number of benzene rings is 2. The van der Waals surface area contributed by atoms with E-state index in [-0.39, 0.29) is 23.8 Å². The number of aromatic amines is 1. The summed E-state index contributed by atoms with van der Waals surface area (Å²) in [5.41, 5.74) is 4.41. The molecule has 1 fully saturated rings. The van der Waals surface area contributed by atoms with Gasteiger partial charge in [-0.15, -0.1) is 0 Å². The molecule has 1 amide bonds. The average molecular weight is 599 g/mol. The van der Waals surface area contributed by atoms with Crippen LogP contribution in [0.25, 0.3) is 11.0 Å². The number of nitriles is 1. The Morgan fingerprint density at radius 3 is 2.70 bits per heavy atom. The molecule has 2 aromatic heterocycles. The Morgan fingerprint density at radius 2 is 1.95 bits per heavy atom. The van der Waals surface area contributed by atoms with Crippen LogP contribution < -0.4 is 4.74 Å². The number of amides is 1. The summed E-state index contributed by atoms with van der Waals surface area (Å²) in [5.74, 6) is 1.28. The normalized spacial score (nSPS) is 17.5. The second-order valence-electron chi connectivity index (χ2n) is 11.8. The topological polar surface area (TPSA) is 88.5 Å². The van der Waals surface area contributed by atoms with Gasteiger partial charge in [-0.1, -0.05) is 25.1 Å². The summed E-state index contributed by atoms with van der Waals surface area (Å²) in [4.78, 5) is 27.1. The molecule has 0 saturated carbocycles. The van der Waals surface area contributed by atoms with Crippen molar-refractivity contribution < 1.29 is 18.3 Å². The number of carbonyl (C=O) groups excluding carboxylic acids is 1. The molecule has 4 heterocycles. The number of rotatable bonds is 8. The third kappa shape index (κ3) is 6.30. The number of fused-ring (bicyclic) bond motifs is 2. The molecule has 0 radical (unpaired) electrons. The second-order valence-corrected chi connectivity index (χ2v) is 11.8. The molecule has 2 aromatic carbocycles. The minimum Gasteiger partial charge on any atom is -0.457 e. The smallest absolute Gasteiger partial charge is 0.264 e. The summed E-state index contributed by atoms with van der Waals surface area (Å²) >= 11 is 0. The van der Waals surface area contributed by atoms with Crippen LogP contribution in [0.2, 0.25) is 0 Å². The highest BCUT2D eigenvalue weighted by atomic mass is 19.3. The van der Waals surface area contributed by atoms with Crippen LogP contribution in [-0.2, 0) is 24.3 Å². The van der Waals surface area contributed by atoms with Crippen molar-refractivity contribution in [3.63, 3.8) is 0 Å². The zero-order valence-electron chi connectivity index (χ0n) is 25.0. The molecule has 0 bridgehead atoms. The summed E-state index contributed by atoms with van der Waals surface area (Å²) in [6, 6.07) is 16.6. The lowest BCUT2D eigenvalue weighted by molar-refractivity contribution is -0.131. The summed E-state index contributed by atoms with van der Waals surface area (Å²) in [7, 11) is 2.07. The molecule has 0 aliphatic carbocycles. The predicted molar refractivity (Wildman–Crippen MR) is 164 cm³/mol. The van der Waals surface area contributed by atoms with Gasteiger partial charge in [-0.25, -0.2) is 13.8 Å². The number of aromatic nitrogens is 2. The van der Waals surface area contributed by atoms with E-state index in [4.69, 9.17) is 4.74 Å². The number of piperazine rings is 1. The van der Waals surface area contributed by atoms with E-state index in [0.29, 0.717) is 59.0 Å². The maximum Gasteiger partial charge on any atom is 0.264 e. The Hall–Kier alpha value is -4.33. The Bertz CT molecular complexity index is 1710. The number of nitrogens with zero attached hydrogens (tertiary/aromatic N) is 5. The maximum atomic E-state index is 14.1. The quantitative estimate of drug-likeness (QED) is 0.268. The van der Waals surface area contributed by atoms with E-state index >= 15 is 0 Å². The van der Waals surface area contributed by atoms with E-state index in [1.54, 1.807) is 24.4 Å². The Kier molecular flexibility index (Phi) is 8.60. The molecule has 8 nitrogen and oxygen atoms in total. The lowest BCUT2D eigenvalue weighted by atomic mass is 9.87. The van der Waals surface area contributed by atoms with Gasteiger partial charge >= 0.3 is 0 Å². The number of likely N-dealkylation sites (N-methyl/N-ethyl adjacent to an activating group) is 1. The first-order valence-corrected chi connectivity index (χ1v) is 15.1. The van der Waals surface area contributed by atoms with E-state index in [2.05, 4.69) is 45.9 Å². The molecule has 1 saturated heterocycles. The van der Waals surface area contributed by atoms with Crippen LogP contribution in [0.4, 0.5) is 8.78 Å². The van der Waals surface area contributed by atoms with Crippen molar-refractivity contribution in [2.24, 2.45) is 0 Å². The molecule has 0 unspecified atom stereocenters. The van der Waals surface area contributed by atoms with E-state index in [9.17, 15) is 18.8 Å². The fraction of sp³-hybridized carbons (Fsp3) is 0.382. The van der Waals surface area contributed by atoms with Crippen LogP contribution in [0, 0.1) is 11.3 Å². The molecule has 10 heteroatoms. The molecule has 2 aliphatic heterocycles. The highest BCUT2D eigenvalue weighted by Crippen LogP contribution is 2.36. The average Bonchev–Trinajstić information content (AvgIpc) is 3.47. The van der Waals surface area contributed by atoms with Crippen molar-refractivity contribution in [2.75, 3.05) is 39.8 Å². The highest BCUT2D eigenvalue weighted by molar-refractivity contribution is 5.84. The predicted octanol–water partition coefficient (Wildman–Crippen LogP) is 5.99. The van der Waals surface area contributed by atoms with Gasteiger partial charge in [-0.2, -0.15) is 5.26 Å². The number of ether oxygens (including phenoxy) is 1. The number of alkyl halides is 2. The third-order valence-corrected chi connectivity index (χ3v) is 8.83. The van der Waals surface area contributed by atoms with Crippen molar-refractivity contribution in [1.82, 2.24) is 24.7 Å². The third-order valence-electron chi connectivity index (χ3n) is 8.83. The Morgan fingerprint density at radius 1 is 1.14 bits per heavy atom. The van der Waals surface area contributed by atoms with Crippen molar-refractivity contribution in [3.05, 3.63) is 88.2 Å². The van der Waals surface area contributed by atoms with Crippen LogP contribution in [0.3, 0.4) is 0 Å². The lowest BCUT2D eigenvalue weighted by Crippen LogP contribution is -2.44. The maximum absolute atomic E-state index is 14.1. The first kappa shape index (κ1) is 29.7. The Labute approximate surface area is 255 Å². The molecule has 6 rings (SSSR count). The van der Waals surface area contributed by atoms with E-state index < -0.39 is 6.43 Å². The number of carbonyl (C=O) groups is 1. The Balaban J connectivity index is 1.18. The molecule has 1 N–H and O–H groups in total. The molecular weight excluding hydrogens is 562 g/mol. The second kappa shape index (κ2) is 12.7. The summed E-state index contributed by atoms with van der Waals surface area (Å²) in [6.07, 6.45) is -0.0462. The molecule has 0 spiro atoms. The minimum absolute atomic E-state index is 0.0148. The summed E-state index contributed by atoms with van der Waals surface area (Å²) in [5, 5.41) is 9.97. The van der Waals surface area contributed by atoms with Gasteiger partial charge in [0.25, 0.3) is 6.43 Å². The first-order chi connectivity index (χ1) is 21.3. The highest BCUT2D eigenvalue weighted by Gasteiger charge is 2.28. The standard InChI is InChI=1S/C34H36F2N6O2/c1-3-23-20-42(32(43)15-22-4-5-24(29(14-22)33(35)36)19-41-12-10-40(2)11-13-41)21-25-16-27(6-7-28(23)25)44-31-8-9-38-34-30(31)17-26(18-37)39-34/h4-9,14,16-17,23,33H,3,10-13,15,19-21H2,1-2H3,(H,38,39)/t23-/m1/s1. The van der Waals surface area contributed by atoms with Crippen LogP contribution in [-0.4, -0.2) is 70.3 Å². The van der Waals surface area contributed by atoms with Gasteiger partial charge in [0.05, 0.1) is 11.8 Å². The molecule has 2 aliphatic rings. The van der Waals surface area contributed by atoms with Gasteiger partial charge in [0.15, 0.2) is 0 Å².